The summed E-state index contributed by atoms with van der Waals surface area (Å²) in [6.07, 6.45) is 1.65. The van der Waals surface area contributed by atoms with E-state index < -0.39 is 12.1 Å². The third-order valence-corrected chi connectivity index (χ3v) is 6.90. The minimum atomic E-state index is -1.02. The average molecular weight is 471 g/mol. The molecule has 0 spiro atoms. The van der Waals surface area contributed by atoms with Crippen molar-refractivity contribution in [1.29, 1.82) is 0 Å². The van der Waals surface area contributed by atoms with Crippen molar-refractivity contribution in [2.24, 2.45) is 5.92 Å². The van der Waals surface area contributed by atoms with Crippen molar-refractivity contribution < 1.29 is 24.2 Å². The number of ether oxygens (including phenoxy) is 1. The molecule has 0 unspecified atom stereocenters. The van der Waals surface area contributed by atoms with E-state index >= 15 is 0 Å². The number of carboxylic acid groups (broad SMARTS) is 1. The van der Waals surface area contributed by atoms with Gasteiger partial charge in [0.15, 0.2) is 0 Å². The lowest BCUT2D eigenvalue weighted by Crippen LogP contribution is -2.42. The molecule has 7 heteroatoms. The number of alkyl carbamates (subject to hydrolysis) is 1. The Kier molecular flexibility index (Phi) is 6.23. The zero-order valence-corrected chi connectivity index (χ0v) is 19.1. The highest BCUT2D eigenvalue weighted by molar-refractivity contribution is 5.94. The van der Waals surface area contributed by atoms with Crippen LogP contribution in [0, 0.1) is 5.92 Å². The lowest BCUT2D eigenvalue weighted by Gasteiger charge is -2.21. The molecule has 0 aliphatic heterocycles. The molecule has 3 aromatic carbocycles. The van der Waals surface area contributed by atoms with E-state index in [-0.39, 0.29) is 36.0 Å². The summed E-state index contributed by atoms with van der Waals surface area (Å²) in [4.78, 5) is 36.5. The molecule has 2 aliphatic rings. The molecule has 1 fully saturated rings. The molecule has 2 atom stereocenters. The van der Waals surface area contributed by atoms with Crippen LogP contribution < -0.4 is 10.6 Å². The van der Waals surface area contributed by atoms with E-state index in [1.54, 1.807) is 12.1 Å². The molecule has 0 saturated heterocycles. The van der Waals surface area contributed by atoms with Crippen LogP contribution in [0.5, 0.6) is 0 Å². The maximum Gasteiger partial charge on any atom is 0.407 e. The average Bonchev–Trinajstić information content (AvgIpc) is 3.45. The molecule has 0 radical (unpaired) electrons. The maximum atomic E-state index is 12.8. The Hall–Kier alpha value is -4.13. The van der Waals surface area contributed by atoms with Gasteiger partial charge in [0, 0.05) is 17.6 Å². The van der Waals surface area contributed by atoms with Gasteiger partial charge in [0.1, 0.15) is 6.61 Å². The van der Waals surface area contributed by atoms with Gasteiger partial charge >= 0.3 is 12.1 Å². The van der Waals surface area contributed by atoms with Gasteiger partial charge in [0.05, 0.1) is 11.5 Å². The summed E-state index contributed by atoms with van der Waals surface area (Å²) >= 11 is 0. The van der Waals surface area contributed by atoms with Crippen molar-refractivity contribution in [2.75, 3.05) is 11.9 Å². The fraction of sp³-hybridized carbons (Fsp3) is 0.250. The fourth-order valence-electron chi connectivity index (χ4n) is 5.17. The Morgan fingerprint density at radius 1 is 0.857 bits per heavy atom. The van der Waals surface area contributed by atoms with Crippen molar-refractivity contribution >= 4 is 23.7 Å². The van der Waals surface area contributed by atoms with E-state index in [2.05, 4.69) is 34.9 Å². The minimum Gasteiger partial charge on any atom is -0.478 e. The normalized spacial score (nSPS) is 18.4. The standard InChI is InChI=1S/C28H26N2O5/c31-26(29-18-14-12-17(13-15-18)27(32)33)23-10-5-11-25(23)30-28(34)35-16-24-21-8-3-1-6-19(21)20-7-2-4-9-22(20)24/h1-4,6-9,12-15,23-25H,5,10-11,16H2,(H,29,31)(H,30,34)(H,32,33)/t23-,25+/m0/s1. The molecule has 0 aromatic heterocycles. The van der Waals surface area contributed by atoms with Gasteiger partial charge in [0.2, 0.25) is 5.91 Å². The molecule has 7 nitrogen and oxygen atoms in total. The first kappa shape index (κ1) is 22.7. The van der Waals surface area contributed by atoms with E-state index in [4.69, 9.17) is 9.84 Å². The monoisotopic (exact) mass is 470 g/mol. The van der Waals surface area contributed by atoms with Crippen LogP contribution in [0.25, 0.3) is 11.1 Å². The van der Waals surface area contributed by atoms with Gasteiger partial charge < -0.3 is 20.5 Å². The van der Waals surface area contributed by atoms with E-state index in [0.29, 0.717) is 18.5 Å². The zero-order chi connectivity index (χ0) is 24.4. The largest absolute Gasteiger partial charge is 0.478 e. The smallest absolute Gasteiger partial charge is 0.407 e. The minimum absolute atomic E-state index is 0.0235. The van der Waals surface area contributed by atoms with Crippen molar-refractivity contribution in [3.8, 4) is 11.1 Å². The predicted molar refractivity (Wildman–Crippen MR) is 131 cm³/mol. The van der Waals surface area contributed by atoms with Crippen LogP contribution in [-0.2, 0) is 9.53 Å². The van der Waals surface area contributed by atoms with Gasteiger partial charge in [-0.05, 0) is 59.4 Å². The highest BCUT2D eigenvalue weighted by Gasteiger charge is 2.35. The number of carbonyl (C=O) groups is 3. The molecule has 3 aromatic rings. The van der Waals surface area contributed by atoms with Crippen LogP contribution in [0.3, 0.4) is 0 Å². The quantitative estimate of drug-likeness (QED) is 0.469. The summed E-state index contributed by atoms with van der Waals surface area (Å²) in [7, 11) is 0. The topological polar surface area (TPSA) is 105 Å². The molecular weight excluding hydrogens is 444 g/mol. The first-order valence-electron chi connectivity index (χ1n) is 11.8. The van der Waals surface area contributed by atoms with Crippen molar-refractivity contribution in [3.63, 3.8) is 0 Å². The Morgan fingerprint density at radius 3 is 2.11 bits per heavy atom. The SMILES string of the molecule is O=C(N[C@@H]1CCC[C@@H]1C(=O)Nc1ccc(C(=O)O)cc1)OCC1c2ccccc2-c2ccccc21. The third kappa shape index (κ3) is 4.62. The summed E-state index contributed by atoms with van der Waals surface area (Å²) in [6.45, 7) is 0.222. The highest BCUT2D eigenvalue weighted by atomic mass is 16.5. The van der Waals surface area contributed by atoms with Crippen molar-refractivity contribution in [1.82, 2.24) is 5.32 Å². The van der Waals surface area contributed by atoms with E-state index in [1.165, 1.54) is 23.3 Å². The Morgan fingerprint density at radius 2 is 1.49 bits per heavy atom. The Bertz CT molecular complexity index is 1220. The van der Waals surface area contributed by atoms with Gasteiger partial charge in [-0.3, -0.25) is 4.79 Å². The van der Waals surface area contributed by atoms with Gasteiger partial charge in [-0.2, -0.15) is 0 Å². The number of nitrogens with one attached hydrogen (secondary N) is 2. The van der Waals surface area contributed by atoms with Gasteiger partial charge in [-0.1, -0.05) is 55.0 Å². The second kappa shape index (κ2) is 9.62. The Balaban J connectivity index is 1.19. The van der Waals surface area contributed by atoms with Crippen LogP contribution in [0.2, 0.25) is 0 Å². The van der Waals surface area contributed by atoms with E-state index in [9.17, 15) is 14.4 Å². The first-order chi connectivity index (χ1) is 17.0. The maximum absolute atomic E-state index is 12.8. The Labute approximate surface area is 203 Å². The number of benzene rings is 3. The molecule has 1 saturated carbocycles. The fourth-order valence-corrected chi connectivity index (χ4v) is 5.17. The second-order valence-electron chi connectivity index (χ2n) is 8.99. The molecule has 5 rings (SSSR count). The van der Waals surface area contributed by atoms with Crippen molar-refractivity contribution in [2.45, 2.75) is 31.2 Å². The van der Waals surface area contributed by atoms with Crippen LogP contribution in [-0.4, -0.2) is 35.7 Å². The summed E-state index contributed by atoms with van der Waals surface area (Å²) < 4.78 is 5.65. The van der Waals surface area contributed by atoms with Crippen molar-refractivity contribution in [3.05, 3.63) is 89.5 Å². The zero-order valence-electron chi connectivity index (χ0n) is 19.1. The molecule has 2 amide bonds. The molecule has 178 valence electrons. The number of hydrogen-bond acceptors (Lipinski definition) is 4. The van der Waals surface area contributed by atoms with Crippen LogP contribution >= 0.6 is 0 Å². The summed E-state index contributed by atoms with van der Waals surface area (Å²) in [5.41, 5.74) is 5.30. The van der Waals surface area contributed by atoms with Crippen LogP contribution in [0.15, 0.2) is 72.8 Å². The number of aromatic carboxylic acids is 1. The summed E-state index contributed by atoms with van der Waals surface area (Å²) in [5.74, 6) is -1.63. The van der Waals surface area contributed by atoms with E-state index in [0.717, 1.165) is 17.5 Å². The lowest BCUT2D eigenvalue weighted by molar-refractivity contribution is -0.120. The summed E-state index contributed by atoms with van der Waals surface area (Å²) in [6, 6.07) is 22.0. The van der Waals surface area contributed by atoms with Crippen LogP contribution in [0.1, 0.15) is 46.7 Å². The number of rotatable bonds is 6. The van der Waals surface area contributed by atoms with Crippen LogP contribution in [0.4, 0.5) is 10.5 Å². The molecular formula is C28H26N2O5. The number of carbonyl (C=O) groups excluding carboxylic acids is 2. The number of amides is 2. The third-order valence-electron chi connectivity index (χ3n) is 6.90. The van der Waals surface area contributed by atoms with Gasteiger partial charge in [0.25, 0.3) is 0 Å². The second-order valence-corrected chi connectivity index (χ2v) is 8.99. The highest BCUT2D eigenvalue weighted by Crippen LogP contribution is 2.44. The molecule has 2 aliphatic carbocycles. The summed E-state index contributed by atoms with van der Waals surface area (Å²) in [5, 5.41) is 14.7. The predicted octanol–water partition coefficient (Wildman–Crippen LogP) is 5.03. The molecule has 0 heterocycles. The number of fused-ring (bicyclic) bond motifs is 3. The van der Waals surface area contributed by atoms with Gasteiger partial charge in [-0.25, -0.2) is 9.59 Å². The molecule has 0 bridgehead atoms. The molecule has 3 N–H and O–H groups in total. The van der Waals surface area contributed by atoms with E-state index in [1.807, 2.05) is 24.3 Å². The lowest BCUT2D eigenvalue weighted by atomic mass is 9.98. The number of carboxylic acids is 1. The molecule has 35 heavy (non-hydrogen) atoms. The number of hydrogen-bond donors (Lipinski definition) is 3. The van der Waals surface area contributed by atoms with Gasteiger partial charge in [-0.15, -0.1) is 0 Å². The number of anilines is 1. The first-order valence-corrected chi connectivity index (χ1v) is 11.8.